The van der Waals surface area contributed by atoms with Crippen LogP contribution in [0.15, 0.2) is 24.3 Å². The van der Waals surface area contributed by atoms with E-state index in [0.717, 1.165) is 32.5 Å². The third-order valence-electron chi connectivity index (χ3n) is 4.95. The van der Waals surface area contributed by atoms with E-state index < -0.39 is 10.0 Å². The number of piperidine rings is 1. The monoisotopic (exact) mass is 338 g/mol. The molecule has 1 aromatic rings. The summed E-state index contributed by atoms with van der Waals surface area (Å²) in [6, 6.07) is 8.80. The minimum absolute atomic E-state index is 0.150. The van der Waals surface area contributed by atoms with E-state index in [-0.39, 0.29) is 11.8 Å². The molecule has 0 spiro atoms. The van der Waals surface area contributed by atoms with Gasteiger partial charge in [-0.05, 0) is 36.8 Å². The summed E-state index contributed by atoms with van der Waals surface area (Å²) in [6.07, 6.45) is 1.83. The van der Waals surface area contributed by atoms with E-state index >= 15 is 0 Å². The van der Waals surface area contributed by atoms with Crippen LogP contribution in [-0.4, -0.2) is 49.6 Å². The Bertz CT molecular complexity index is 605. The van der Waals surface area contributed by atoms with E-state index in [9.17, 15) is 8.42 Å². The van der Waals surface area contributed by atoms with Crippen molar-refractivity contribution in [2.24, 2.45) is 0 Å². The quantitative estimate of drug-likeness (QED) is 0.800. The molecule has 1 aromatic carbocycles. The van der Waals surface area contributed by atoms with Crippen molar-refractivity contribution in [1.29, 1.82) is 0 Å². The normalized spacial score (nSPS) is 18.0. The lowest BCUT2D eigenvalue weighted by molar-refractivity contribution is 0.163. The highest BCUT2D eigenvalue weighted by Crippen LogP contribution is 2.24. The fourth-order valence-electron chi connectivity index (χ4n) is 3.35. The Hall–Kier alpha value is -0.910. The molecule has 1 aliphatic heterocycles. The smallest absolute Gasteiger partial charge is 0.213 e. The highest BCUT2D eigenvalue weighted by molar-refractivity contribution is 7.89. The van der Waals surface area contributed by atoms with Crippen molar-refractivity contribution < 1.29 is 8.42 Å². The summed E-state index contributed by atoms with van der Waals surface area (Å²) in [6.45, 7) is 9.06. The molecular formula is C18H30N2O2S. The van der Waals surface area contributed by atoms with Crippen molar-refractivity contribution in [3.05, 3.63) is 35.4 Å². The fourth-order valence-corrected chi connectivity index (χ4v) is 4.43. The molecule has 2 rings (SSSR count). The average molecular weight is 339 g/mol. The van der Waals surface area contributed by atoms with Gasteiger partial charge in [-0.15, -0.1) is 0 Å². The SMILES string of the molecule is CCS(=O)(=O)N(C)C1CCN(Cc2ccccc2C(C)C)CC1. The maximum atomic E-state index is 12.0. The summed E-state index contributed by atoms with van der Waals surface area (Å²) in [5.41, 5.74) is 2.82. The summed E-state index contributed by atoms with van der Waals surface area (Å²) in [7, 11) is -1.35. The van der Waals surface area contributed by atoms with E-state index in [1.165, 1.54) is 11.1 Å². The summed E-state index contributed by atoms with van der Waals surface area (Å²) in [5, 5.41) is 0. The van der Waals surface area contributed by atoms with E-state index in [2.05, 4.69) is 43.0 Å². The molecule has 1 heterocycles. The second kappa shape index (κ2) is 7.77. The molecule has 0 atom stereocenters. The Morgan fingerprint density at radius 1 is 1.22 bits per heavy atom. The minimum Gasteiger partial charge on any atom is -0.299 e. The van der Waals surface area contributed by atoms with Gasteiger partial charge in [0.2, 0.25) is 10.0 Å². The molecule has 5 heteroatoms. The van der Waals surface area contributed by atoms with Crippen LogP contribution in [0.5, 0.6) is 0 Å². The first-order valence-corrected chi connectivity index (χ1v) is 10.2. The van der Waals surface area contributed by atoms with E-state index in [4.69, 9.17) is 0 Å². The third kappa shape index (κ3) is 4.55. The number of nitrogens with zero attached hydrogens (tertiary/aromatic N) is 2. The Labute approximate surface area is 141 Å². The molecule has 1 fully saturated rings. The molecule has 0 amide bonds. The van der Waals surface area contributed by atoms with Crippen LogP contribution < -0.4 is 0 Å². The number of benzene rings is 1. The van der Waals surface area contributed by atoms with Crippen molar-refractivity contribution in [2.75, 3.05) is 25.9 Å². The Kier molecular flexibility index (Phi) is 6.23. The maximum Gasteiger partial charge on any atom is 0.213 e. The van der Waals surface area contributed by atoms with Crippen molar-refractivity contribution in [3.8, 4) is 0 Å². The van der Waals surface area contributed by atoms with Crippen molar-refractivity contribution in [3.63, 3.8) is 0 Å². The van der Waals surface area contributed by atoms with Crippen molar-refractivity contribution in [2.45, 2.75) is 52.1 Å². The summed E-state index contributed by atoms with van der Waals surface area (Å²) < 4.78 is 25.6. The van der Waals surface area contributed by atoms with Crippen LogP contribution >= 0.6 is 0 Å². The number of hydrogen-bond donors (Lipinski definition) is 0. The lowest BCUT2D eigenvalue weighted by atomic mass is 9.96. The topological polar surface area (TPSA) is 40.6 Å². The van der Waals surface area contributed by atoms with Gasteiger partial charge in [-0.2, -0.15) is 0 Å². The average Bonchev–Trinajstić information content (AvgIpc) is 2.55. The molecule has 130 valence electrons. The molecule has 0 unspecified atom stereocenters. The van der Waals surface area contributed by atoms with Crippen molar-refractivity contribution >= 4 is 10.0 Å². The zero-order valence-electron chi connectivity index (χ0n) is 14.8. The van der Waals surface area contributed by atoms with Gasteiger partial charge in [0.25, 0.3) is 0 Å². The van der Waals surface area contributed by atoms with Crippen LogP contribution in [0, 0.1) is 0 Å². The molecule has 1 saturated heterocycles. The molecule has 0 N–H and O–H groups in total. The first-order chi connectivity index (χ1) is 10.8. The molecule has 4 nitrogen and oxygen atoms in total. The first-order valence-electron chi connectivity index (χ1n) is 8.61. The lowest BCUT2D eigenvalue weighted by Crippen LogP contribution is -2.45. The van der Waals surface area contributed by atoms with Crippen LogP contribution in [0.25, 0.3) is 0 Å². The molecule has 23 heavy (non-hydrogen) atoms. The number of likely N-dealkylation sites (tertiary alicyclic amines) is 1. The molecule has 0 aromatic heterocycles. The number of hydrogen-bond acceptors (Lipinski definition) is 3. The maximum absolute atomic E-state index is 12.0. The van der Waals surface area contributed by atoms with Crippen LogP contribution in [0.4, 0.5) is 0 Å². The van der Waals surface area contributed by atoms with Gasteiger partial charge < -0.3 is 0 Å². The predicted octanol–water partition coefficient (Wildman–Crippen LogP) is 3.06. The molecule has 0 saturated carbocycles. The second-order valence-corrected chi connectivity index (χ2v) is 9.09. The molecule has 0 bridgehead atoms. The third-order valence-corrected chi connectivity index (χ3v) is 6.85. The van der Waals surface area contributed by atoms with Crippen LogP contribution in [0.3, 0.4) is 0 Å². The molecule has 0 radical (unpaired) electrons. The highest BCUT2D eigenvalue weighted by atomic mass is 32.2. The second-order valence-electron chi connectivity index (χ2n) is 6.78. The minimum atomic E-state index is -3.08. The predicted molar refractivity (Wildman–Crippen MR) is 96.1 cm³/mol. The summed E-state index contributed by atoms with van der Waals surface area (Å²) in [4.78, 5) is 2.45. The number of rotatable bonds is 6. The standard InChI is InChI=1S/C18H30N2O2S/c1-5-23(21,22)19(4)17-10-12-20(13-11-17)14-16-8-6-7-9-18(16)15(2)3/h6-9,15,17H,5,10-14H2,1-4H3. The summed E-state index contributed by atoms with van der Waals surface area (Å²) >= 11 is 0. The Morgan fingerprint density at radius 2 is 1.83 bits per heavy atom. The zero-order valence-corrected chi connectivity index (χ0v) is 15.6. The van der Waals surface area contributed by atoms with Gasteiger partial charge in [-0.3, -0.25) is 4.90 Å². The largest absolute Gasteiger partial charge is 0.299 e. The van der Waals surface area contributed by atoms with Crippen LogP contribution in [-0.2, 0) is 16.6 Å². The molecule has 1 aliphatic rings. The van der Waals surface area contributed by atoms with Gasteiger partial charge in [-0.25, -0.2) is 12.7 Å². The van der Waals surface area contributed by atoms with Crippen molar-refractivity contribution in [1.82, 2.24) is 9.21 Å². The molecular weight excluding hydrogens is 308 g/mol. The van der Waals surface area contributed by atoms with E-state index in [1.807, 2.05) is 0 Å². The Balaban J connectivity index is 1.96. The highest BCUT2D eigenvalue weighted by Gasteiger charge is 2.28. The van der Waals surface area contributed by atoms with Gasteiger partial charge in [-0.1, -0.05) is 38.1 Å². The van der Waals surface area contributed by atoms with Gasteiger partial charge in [0.1, 0.15) is 0 Å². The van der Waals surface area contributed by atoms with Crippen LogP contribution in [0.1, 0.15) is 50.7 Å². The van der Waals surface area contributed by atoms with Gasteiger partial charge in [0.05, 0.1) is 5.75 Å². The summed E-state index contributed by atoms with van der Waals surface area (Å²) in [5.74, 6) is 0.718. The van der Waals surface area contributed by atoms with Gasteiger partial charge in [0, 0.05) is 32.7 Å². The van der Waals surface area contributed by atoms with E-state index in [1.54, 1.807) is 18.3 Å². The van der Waals surface area contributed by atoms with Gasteiger partial charge in [0.15, 0.2) is 0 Å². The lowest BCUT2D eigenvalue weighted by Gasteiger charge is -2.36. The molecule has 0 aliphatic carbocycles. The first kappa shape index (κ1) is 18.4. The van der Waals surface area contributed by atoms with Gasteiger partial charge >= 0.3 is 0 Å². The number of sulfonamides is 1. The van der Waals surface area contributed by atoms with E-state index in [0.29, 0.717) is 5.92 Å². The fraction of sp³-hybridized carbons (Fsp3) is 0.667. The van der Waals surface area contributed by atoms with Crippen LogP contribution in [0.2, 0.25) is 0 Å². The Morgan fingerprint density at radius 3 is 2.39 bits per heavy atom. The zero-order chi connectivity index (χ0) is 17.0.